The molecule has 6 nitrogen and oxygen atoms in total. The highest BCUT2D eigenvalue weighted by molar-refractivity contribution is 5.96. The Morgan fingerprint density at radius 1 is 1.29 bits per heavy atom. The molecule has 0 unspecified atom stereocenters. The minimum absolute atomic E-state index is 0.0434. The third-order valence-corrected chi connectivity index (χ3v) is 5.13. The molecule has 0 aromatic heterocycles. The summed E-state index contributed by atoms with van der Waals surface area (Å²) in [5, 5.41) is 0. The van der Waals surface area contributed by atoms with Gasteiger partial charge >= 0.3 is 0 Å². The molecule has 3 aliphatic rings. The summed E-state index contributed by atoms with van der Waals surface area (Å²) in [6, 6.07) is 7.03. The minimum Gasteiger partial charge on any atom is -0.491 e. The lowest BCUT2D eigenvalue weighted by Crippen LogP contribution is -2.48. The van der Waals surface area contributed by atoms with Crippen LogP contribution in [-0.2, 0) is 9.53 Å². The van der Waals surface area contributed by atoms with Crippen molar-refractivity contribution < 1.29 is 19.1 Å². The van der Waals surface area contributed by atoms with Crippen molar-refractivity contribution in [1.29, 1.82) is 0 Å². The molecule has 24 heavy (non-hydrogen) atoms. The zero-order valence-electron chi connectivity index (χ0n) is 14.0. The molecule has 1 aromatic carbocycles. The van der Waals surface area contributed by atoms with Crippen LogP contribution in [0, 0.1) is 0 Å². The summed E-state index contributed by atoms with van der Waals surface area (Å²) < 4.78 is 11.5. The molecule has 3 saturated heterocycles. The number of benzene rings is 1. The van der Waals surface area contributed by atoms with Gasteiger partial charge in [-0.05, 0) is 38.1 Å². The number of hydrogen-bond acceptors (Lipinski definition) is 4. The van der Waals surface area contributed by atoms with E-state index in [0.29, 0.717) is 38.1 Å². The molecule has 0 N–H and O–H groups in total. The molecule has 1 aromatic rings. The smallest absolute Gasteiger partial charge is 0.254 e. The normalized spacial score (nSPS) is 28.5. The van der Waals surface area contributed by atoms with Gasteiger partial charge in [0.1, 0.15) is 5.75 Å². The fourth-order valence-corrected chi connectivity index (χ4v) is 4.15. The van der Waals surface area contributed by atoms with E-state index >= 15 is 0 Å². The third kappa shape index (κ3) is 2.20. The van der Waals surface area contributed by atoms with Crippen LogP contribution in [0.25, 0.3) is 0 Å². The number of carbonyl (C=O) groups excluding carboxylic acids is 2. The van der Waals surface area contributed by atoms with Gasteiger partial charge in [-0.25, -0.2) is 0 Å². The van der Waals surface area contributed by atoms with Gasteiger partial charge in [-0.1, -0.05) is 0 Å². The van der Waals surface area contributed by atoms with Gasteiger partial charge in [-0.3, -0.25) is 9.59 Å². The molecular weight excluding hydrogens is 308 g/mol. The van der Waals surface area contributed by atoms with Crippen LogP contribution in [0.1, 0.15) is 37.0 Å². The molecule has 0 aliphatic carbocycles. The lowest BCUT2D eigenvalue weighted by molar-refractivity contribution is -0.136. The van der Waals surface area contributed by atoms with E-state index in [0.717, 1.165) is 5.75 Å². The van der Waals surface area contributed by atoms with Gasteiger partial charge in [0.2, 0.25) is 5.91 Å². The Hall–Kier alpha value is -2.08. The van der Waals surface area contributed by atoms with E-state index in [4.69, 9.17) is 9.47 Å². The monoisotopic (exact) mass is 330 g/mol. The minimum atomic E-state index is -0.576. The molecule has 3 heterocycles. The van der Waals surface area contributed by atoms with Crippen LogP contribution in [0.5, 0.6) is 5.75 Å². The Labute approximate surface area is 141 Å². The van der Waals surface area contributed by atoms with Gasteiger partial charge in [0, 0.05) is 25.1 Å². The van der Waals surface area contributed by atoms with Crippen LogP contribution >= 0.6 is 0 Å². The molecule has 0 radical (unpaired) electrons. The van der Waals surface area contributed by atoms with E-state index < -0.39 is 5.72 Å². The summed E-state index contributed by atoms with van der Waals surface area (Å²) in [4.78, 5) is 28.8. The highest BCUT2D eigenvalue weighted by atomic mass is 16.5. The zero-order chi connectivity index (χ0) is 16.9. The Balaban J connectivity index is 1.54. The first-order chi connectivity index (χ1) is 11.5. The fraction of sp³-hybridized carbons (Fsp3) is 0.556. The molecule has 1 spiro atoms. The Bertz CT molecular complexity index is 672. The maximum Gasteiger partial charge on any atom is 0.254 e. The predicted octanol–water partition coefficient (Wildman–Crippen LogP) is 1.65. The molecular formula is C18H22N2O4. The van der Waals surface area contributed by atoms with E-state index in [1.165, 1.54) is 0 Å². The zero-order valence-corrected chi connectivity index (χ0v) is 14.0. The maximum absolute atomic E-state index is 12.9. The largest absolute Gasteiger partial charge is 0.491 e. The van der Waals surface area contributed by atoms with Gasteiger partial charge in [-0.15, -0.1) is 0 Å². The maximum atomic E-state index is 12.9. The second-order valence-electron chi connectivity index (χ2n) is 6.90. The number of ether oxygens (including phenoxy) is 2. The summed E-state index contributed by atoms with van der Waals surface area (Å²) in [7, 11) is 0. The van der Waals surface area contributed by atoms with Crippen molar-refractivity contribution in [3.63, 3.8) is 0 Å². The first kappa shape index (κ1) is 15.4. The highest BCUT2D eigenvalue weighted by Gasteiger charge is 2.62. The van der Waals surface area contributed by atoms with Crippen LogP contribution in [0.4, 0.5) is 0 Å². The van der Waals surface area contributed by atoms with Crippen molar-refractivity contribution in [2.45, 2.75) is 44.6 Å². The van der Waals surface area contributed by atoms with E-state index in [9.17, 15) is 9.59 Å². The van der Waals surface area contributed by atoms with Crippen molar-refractivity contribution >= 4 is 11.8 Å². The third-order valence-electron chi connectivity index (χ3n) is 5.13. The van der Waals surface area contributed by atoms with Gasteiger partial charge in [0.05, 0.1) is 25.2 Å². The number of nitrogens with zero attached hydrogens (tertiary/aromatic N) is 2. The molecule has 3 aliphatic heterocycles. The van der Waals surface area contributed by atoms with Crippen molar-refractivity contribution in [2.75, 3.05) is 19.7 Å². The molecule has 128 valence electrons. The van der Waals surface area contributed by atoms with Crippen LogP contribution in [0.3, 0.4) is 0 Å². The number of hydrogen-bond donors (Lipinski definition) is 0. The highest BCUT2D eigenvalue weighted by Crippen LogP contribution is 2.45. The molecule has 0 saturated carbocycles. The molecule has 0 bridgehead atoms. The average Bonchev–Trinajstić information content (AvgIpc) is 3.18. The van der Waals surface area contributed by atoms with E-state index in [1.54, 1.807) is 12.1 Å². The summed E-state index contributed by atoms with van der Waals surface area (Å²) in [6.07, 6.45) is 1.16. The first-order valence-corrected chi connectivity index (χ1v) is 8.53. The average molecular weight is 330 g/mol. The molecule has 2 amide bonds. The SMILES string of the molecule is CC(C)Oc1ccc(C(=O)N2CC[C@@]34OCCN3C(=O)C[C@@H]24)cc1. The van der Waals surface area contributed by atoms with Crippen LogP contribution < -0.4 is 4.74 Å². The van der Waals surface area contributed by atoms with E-state index in [-0.39, 0.29) is 24.0 Å². The second kappa shape index (κ2) is 5.48. The fourth-order valence-electron chi connectivity index (χ4n) is 4.15. The van der Waals surface area contributed by atoms with Gasteiger partial charge in [0.25, 0.3) is 5.91 Å². The predicted molar refractivity (Wildman–Crippen MR) is 86.7 cm³/mol. The van der Waals surface area contributed by atoms with Gasteiger partial charge < -0.3 is 19.3 Å². The number of amides is 2. The number of likely N-dealkylation sites (tertiary alicyclic amines) is 1. The van der Waals surface area contributed by atoms with Crippen molar-refractivity contribution in [3.8, 4) is 5.75 Å². The first-order valence-electron chi connectivity index (χ1n) is 8.53. The Morgan fingerprint density at radius 3 is 2.75 bits per heavy atom. The summed E-state index contributed by atoms with van der Waals surface area (Å²) >= 11 is 0. The van der Waals surface area contributed by atoms with Crippen LogP contribution in [0.15, 0.2) is 24.3 Å². The van der Waals surface area contributed by atoms with Crippen LogP contribution in [-0.4, -0.2) is 59.2 Å². The topological polar surface area (TPSA) is 59.1 Å². The lowest BCUT2D eigenvalue weighted by Gasteiger charge is -2.31. The molecule has 4 rings (SSSR count). The van der Waals surface area contributed by atoms with Crippen LogP contribution in [0.2, 0.25) is 0 Å². The quantitative estimate of drug-likeness (QED) is 0.845. The molecule has 6 heteroatoms. The number of carbonyl (C=O) groups is 2. The lowest BCUT2D eigenvalue weighted by atomic mass is 10.1. The number of rotatable bonds is 3. The van der Waals surface area contributed by atoms with Crippen molar-refractivity contribution in [3.05, 3.63) is 29.8 Å². The molecule has 3 fully saturated rings. The Kier molecular flexibility index (Phi) is 3.53. The van der Waals surface area contributed by atoms with Gasteiger partial charge in [-0.2, -0.15) is 0 Å². The van der Waals surface area contributed by atoms with E-state index in [2.05, 4.69) is 0 Å². The summed E-state index contributed by atoms with van der Waals surface area (Å²) in [6.45, 7) is 5.75. The summed E-state index contributed by atoms with van der Waals surface area (Å²) in [5.74, 6) is 0.801. The van der Waals surface area contributed by atoms with E-state index in [1.807, 2.05) is 35.8 Å². The summed E-state index contributed by atoms with van der Waals surface area (Å²) in [5.41, 5.74) is 0.0417. The standard InChI is InChI=1S/C18H22N2O4/c1-12(2)24-14-5-3-13(4-6-14)17(22)19-8-7-18-15(19)11-16(21)20(18)9-10-23-18/h3-6,12,15H,7-11H2,1-2H3/t15-,18+/m1/s1. The van der Waals surface area contributed by atoms with Crippen molar-refractivity contribution in [2.24, 2.45) is 0 Å². The van der Waals surface area contributed by atoms with Gasteiger partial charge in [0.15, 0.2) is 5.72 Å². The second-order valence-corrected chi connectivity index (χ2v) is 6.90. The van der Waals surface area contributed by atoms with Crippen molar-refractivity contribution in [1.82, 2.24) is 9.80 Å². The Morgan fingerprint density at radius 2 is 2.04 bits per heavy atom. The molecule has 2 atom stereocenters.